The summed E-state index contributed by atoms with van der Waals surface area (Å²) in [4.78, 5) is 15.4. The molecule has 6 heteroatoms. The van der Waals surface area contributed by atoms with Crippen LogP contribution in [-0.2, 0) is 4.79 Å². The minimum Gasteiger partial charge on any atom is -0.496 e. The number of nitrogens with zero attached hydrogens (tertiary/aromatic N) is 2. The molecule has 0 spiro atoms. The molecule has 1 atom stereocenters. The van der Waals surface area contributed by atoms with Gasteiger partial charge in [-0.3, -0.25) is 4.79 Å². The fourth-order valence-electron chi connectivity index (χ4n) is 1.84. The van der Waals surface area contributed by atoms with E-state index in [0.717, 1.165) is 17.3 Å². The minimum atomic E-state index is -0.946. The molecule has 2 aromatic rings. The van der Waals surface area contributed by atoms with Crippen molar-refractivity contribution in [1.29, 1.82) is 5.26 Å². The third-order valence-electron chi connectivity index (χ3n) is 3.00. The van der Waals surface area contributed by atoms with Crippen LogP contribution in [-0.4, -0.2) is 28.4 Å². The zero-order chi connectivity index (χ0) is 16.1. The van der Waals surface area contributed by atoms with Gasteiger partial charge in [-0.05, 0) is 31.2 Å². The van der Waals surface area contributed by atoms with E-state index in [2.05, 4.69) is 4.98 Å². The number of methoxy groups -OCH3 is 1. The molecule has 0 aliphatic heterocycles. The van der Waals surface area contributed by atoms with Gasteiger partial charge in [0, 0.05) is 5.56 Å². The molecule has 1 aromatic heterocycles. The van der Waals surface area contributed by atoms with Crippen LogP contribution in [0, 0.1) is 11.3 Å². The second kappa shape index (κ2) is 6.96. The topological polar surface area (TPSA) is 83.2 Å². The molecular formula is C16H14N2O3S. The summed E-state index contributed by atoms with van der Waals surface area (Å²) in [5, 5.41) is 17.9. The van der Waals surface area contributed by atoms with Gasteiger partial charge in [-0.25, -0.2) is 4.98 Å². The van der Waals surface area contributed by atoms with Crippen LogP contribution < -0.4 is 4.74 Å². The lowest BCUT2D eigenvalue weighted by atomic mass is 10.1. The lowest BCUT2D eigenvalue weighted by molar-refractivity contribution is -0.136. The number of carboxylic acid groups (broad SMARTS) is 1. The van der Waals surface area contributed by atoms with E-state index in [9.17, 15) is 4.79 Å². The number of hydrogen-bond donors (Lipinski definition) is 1. The Bertz CT molecular complexity index is 740. The van der Waals surface area contributed by atoms with Crippen LogP contribution in [0.2, 0.25) is 0 Å². The fourth-order valence-corrected chi connectivity index (χ4v) is 2.67. The van der Waals surface area contributed by atoms with E-state index in [4.69, 9.17) is 15.1 Å². The third kappa shape index (κ3) is 3.38. The van der Waals surface area contributed by atoms with Crippen molar-refractivity contribution in [1.82, 2.24) is 4.98 Å². The second-order valence-electron chi connectivity index (χ2n) is 4.46. The molecule has 112 valence electrons. The van der Waals surface area contributed by atoms with Crippen molar-refractivity contribution in [3.8, 4) is 23.1 Å². The standard InChI is InChI=1S/C16H14N2O3S/c1-10(16(19)20)22-15-11(9-17)7-8-13(18-15)12-5-3-4-6-14(12)21-2/h3-8,10H,1-2H3,(H,19,20). The molecule has 0 saturated carbocycles. The molecule has 5 nitrogen and oxygen atoms in total. The summed E-state index contributed by atoms with van der Waals surface area (Å²) < 4.78 is 5.31. The number of para-hydroxylation sites is 1. The van der Waals surface area contributed by atoms with E-state index in [1.165, 1.54) is 0 Å². The molecular weight excluding hydrogens is 300 g/mol. The predicted molar refractivity (Wildman–Crippen MR) is 83.9 cm³/mol. The molecule has 0 aliphatic carbocycles. The molecule has 0 fully saturated rings. The van der Waals surface area contributed by atoms with Crippen molar-refractivity contribution in [2.24, 2.45) is 0 Å². The van der Waals surface area contributed by atoms with E-state index in [1.807, 2.05) is 30.3 Å². The van der Waals surface area contributed by atoms with Crippen LogP contribution in [0.5, 0.6) is 5.75 Å². The van der Waals surface area contributed by atoms with E-state index >= 15 is 0 Å². The predicted octanol–water partition coefficient (Wildman–Crippen LogP) is 3.19. The molecule has 0 amide bonds. The molecule has 0 saturated heterocycles. The van der Waals surface area contributed by atoms with Crippen LogP contribution in [0.4, 0.5) is 0 Å². The van der Waals surface area contributed by atoms with Crippen LogP contribution in [0.25, 0.3) is 11.3 Å². The normalized spacial score (nSPS) is 11.5. The smallest absolute Gasteiger partial charge is 0.316 e. The van der Waals surface area contributed by atoms with Crippen LogP contribution >= 0.6 is 11.8 Å². The van der Waals surface area contributed by atoms with Crippen molar-refractivity contribution in [3.05, 3.63) is 42.0 Å². The van der Waals surface area contributed by atoms with Gasteiger partial charge < -0.3 is 9.84 Å². The van der Waals surface area contributed by atoms with Crippen molar-refractivity contribution in [2.45, 2.75) is 17.2 Å². The summed E-state index contributed by atoms with van der Waals surface area (Å²) in [6, 6.07) is 12.8. The summed E-state index contributed by atoms with van der Waals surface area (Å²) in [7, 11) is 1.57. The fraction of sp³-hybridized carbons (Fsp3) is 0.188. The number of pyridine rings is 1. The zero-order valence-electron chi connectivity index (χ0n) is 12.1. The molecule has 0 aliphatic rings. The highest BCUT2D eigenvalue weighted by molar-refractivity contribution is 8.00. The molecule has 0 bridgehead atoms. The number of rotatable bonds is 5. The summed E-state index contributed by atoms with van der Waals surface area (Å²) in [6.45, 7) is 1.56. The Labute approximate surface area is 132 Å². The average Bonchev–Trinajstić information content (AvgIpc) is 2.54. The Balaban J connectivity index is 2.47. The Morgan fingerprint density at radius 1 is 1.36 bits per heavy atom. The van der Waals surface area contributed by atoms with Crippen molar-refractivity contribution in [2.75, 3.05) is 7.11 Å². The van der Waals surface area contributed by atoms with Crippen LogP contribution in [0.3, 0.4) is 0 Å². The van der Waals surface area contributed by atoms with Gasteiger partial charge in [-0.2, -0.15) is 5.26 Å². The Morgan fingerprint density at radius 2 is 2.09 bits per heavy atom. The number of thioether (sulfide) groups is 1. The minimum absolute atomic E-state index is 0.358. The Kier molecular flexibility index (Phi) is 5.02. The van der Waals surface area contributed by atoms with Crippen LogP contribution in [0.1, 0.15) is 12.5 Å². The van der Waals surface area contributed by atoms with Gasteiger partial charge in [0.05, 0.1) is 18.4 Å². The summed E-state index contributed by atoms with van der Waals surface area (Å²) >= 11 is 1.05. The molecule has 22 heavy (non-hydrogen) atoms. The number of carboxylic acids is 1. The largest absolute Gasteiger partial charge is 0.496 e. The first-order valence-corrected chi connectivity index (χ1v) is 7.38. The van der Waals surface area contributed by atoms with E-state index in [-0.39, 0.29) is 0 Å². The summed E-state index contributed by atoms with van der Waals surface area (Å²) in [5.74, 6) is -0.277. The highest BCUT2D eigenvalue weighted by atomic mass is 32.2. The van der Waals surface area contributed by atoms with Gasteiger partial charge in [-0.1, -0.05) is 23.9 Å². The number of nitriles is 1. The van der Waals surface area contributed by atoms with E-state index in [1.54, 1.807) is 26.2 Å². The van der Waals surface area contributed by atoms with Crippen molar-refractivity contribution >= 4 is 17.7 Å². The Hall–Kier alpha value is -2.52. The number of aromatic nitrogens is 1. The lowest BCUT2D eigenvalue weighted by Crippen LogP contribution is -2.12. The lowest BCUT2D eigenvalue weighted by Gasteiger charge is -2.11. The monoisotopic (exact) mass is 314 g/mol. The van der Waals surface area contributed by atoms with Gasteiger partial charge in [0.15, 0.2) is 0 Å². The molecule has 1 N–H and O–H groups in total. The highest BCUT2D eigenvalue weighted by Crippen LogP contribution is 2.32. The van der Waals surface area contributed by atoms with Crippen molar-refractivity contribution < 1.29 is 14.6 Å². The number of hydrogen-bond acceptors (Lipinski definition) is 5. The summed E-state index contributed by atoms with van der Waals surface area (Å²) in [5.41, 5.74) is 1.78. The molecule has 1 aromatic carbocycles. The first-order valence-electron chi connectivity index (χ1n) is 6.50. The van der Waals surface area contributed by atoms with Crippen LogP contribution in [0.15, 0.2) is 41.4 Å². The first-order chi connectivity index (χ1) is 10.6. The number of aliphatic carboxylic acids is 1. The number of benzene rings is 1. The maximum atomic E-state index is 11.0. The number of ether oxygens (including phenoxy) is 1. The second-order valence-corrected chi connectivity index (χ2v) is 5.79. The van der Waals surface area contributed by atoms with Gasteiger partial charge in [0.25, 0.3) is 0 Å². The quantitative estimate of drug-likeness (QED) is 0.853. The van der Waals surface area contributed by atoms with Gasteiger partial charge in [0.1, 0.15) is 22.1 Å². The Morgan fingerprint density at radius 3 is 2.73 bits per heavy atom. The molecule has 1 unspecified atom stereocenters. The average molecular weight is 314 g/mol. The molecule has 1 heterocycles. The molecule has 2 rings (SSSR count). The molecule has 0 radical (unpaired) electrons. The first kappa shape index (κ1) is 15.9. The van der Waals surface area contributed by atoms with Crippen molar-refractivity contribution in [3.63, 3.8) is 0 Å². The van der Waals surface area contributed by atoms with E-state index in [0.29, 0.717) is 22.0 Å². The maximum absolute atomic E-state index is 11.0. The van der Waals surface area contributed by atoms with Gasteiger partial charge >= 0.3 is 5.97 Å². The maximum Gasteiger partial charge on any atom is 0.316 e. The van der Waals surface area contributed by atoms with Gasteiger partial charge in [-0.15, -0.1) is 0 Å². The highest BCUT2D eigenvalue weighted by Gasteiger charge is 2.17. The zero-order valence-corrected chi connectivity index (χ0v) is 12.9. The van der Waals surface area contributed by atoms with Gasteiger partial charge in [0.2, 0.25) is 0 Å². The number of carbonyl (C=O) groups is 1. The SMILES string of the molecule is COc1ccccc1-c1ccc(C#N)c(SC(C)C(=O)O)n1. The van der Waals surface area contributed by atoms with E-state index < -0.39 is 11.2 Å². The third-order valence-corrected chi connectivity index (χ3v) is 4.09. The summed E-state index contributed by atoms with van der Waals surface area (Å²) in [6.07, 6.45) is 0.